The van der Waals surface area contributed by atoms with Crippen molar-refractivity contribution in [3.8, 4) is 0 Å². The van der Waals surface area contributed by atoms with Crippen LogP contribution in [-0.4, -0.2) is 9.78 Å². The Balaban J connectivity index is 0.000000500. The fraction of sp³-hybridized carbons (Fsp3) is 0.261. The summed E-state index contributed by atoms with van der Waals surface area (Å²) in [7, 11) is 0. The summed E-state index contributed by atoms with van der Waals surface area (Å²) in [6.45, 7) is 7.05. The van der Waals surface area contributed by atoms with E-state index in [1.54, 1.807) is 11.9 Å². The van der Waals surface area contributed by atoms with Crippen molar-refractivity contribution < 1.29 is 4.39 Å². The predicted molar refractivity (Wildman–Crippen MR) is 120 cm³/mol. The zero-order chi connectivity index (χ0) is 20.2. The Morgan fingerprint density at radius 3 is 2.64 bits per heavy atom. The van der Waals surface area contributed by atoms with Crippen LogP contribution in [0.5, 0.6) is 0 Å². The molecular weight excluding hydrogens is 369 g/mol. The fourth-order valence-corrected chi connectivity index (χ4v) is 3.31. The van der Waals surface area contributed by atoms with Crippen molar-refractivity contribution in [2.24, 2.45) is 5.92 Å². The highest BCUT2D eigenvalue weighted by Gasteiger charge is 2.06. The summed E-state index contributed by atoms with van der Waals surface area (Å²) in [6.07, 6.45) is 9.05. The molecule has 5 heteroatoms. The molecule has 0 saturated carbocycles. The van der Waals surface area contributed by atoms with Gasteiger partial charge in [-0.25, -0.2) is 4.39 Å². The van der Waals surface area contributed by atoms with Crippen LogP contribution in [0.3, 0.4) is 0 Å². The first kappa shape index (κ1) is 21.8. The molecule has 1 aromatic heterocycles. The van der Waals surface area contributed by atoms with Crippen LogP contribution in [-0.2, 0) is 6.54 Å². The van der Waals surface area contributed by atoms with E-state index in [2.05, 4.69) is 70.8 Å². The summed E-state index contributed by atoms with van der Waals surface area (Å²) in [6, 6.07) is 16.7. The van der Waals surface area contributed by atoms with Crippen molar-refractivity contribution in [3.05, 3.63) is 79.3 Å². The van der Waals surface area contributed by atoms with Crippen LogP contribution in [0.2, 0.25) is 0 Å². The van der Waals surface area contributed by atoms with Crippen molar-refractivity contribution in [1.82, 2.24) is 9.78 Å². The van der Waals surface area contributed by atoms with Gasteiger partial charge in [-0.3, -0.25) is 4.68 Å². The van der Waals surface area contributed by atoms with E-state index in [1.165, 1.54) is 16.5 Å². The van der Waals surface area contributed by atoms with Gasteiger partial charge in [-0.15, -0.1) is 0 Å². The van der Waals surface area contributed by atoms with Crippen molar-refractivity contribution in [2.75, 3.05) is 4.72 Å². The van der Waals surface area contributed by atoms with E-state index < -0.39 is 0 Å². The number of allylic oxidation sites excluding steroid dienone is 3. The lowest BCUT2D eigenvalue weighted by atomic mass is 10.1. The molecule has 0 aliphatic carbocycles. The lowest BCUT2D eigenvalue weighted by Gasteiger charge is -2.09. The highest BCUT2D eigenvalue weighted by molar-refractivity contribution is 8.00. The van der Waals surface area contributed by atoms with Crippen LogP contribution in [0.25, 0.3) is 10.9 Å². The predicted octanol–water partition coefficient (Wildman–Crippen LogP) is 7.25. The molecule has 1 unspecified atom stereocenters. The van der Waals surface area contributed by atoms with E-state index >= 15 is 0 Å². The maximum Gasteiger partial charge on any atom is 0.0826 e. The van der Waals surface area contributed by atoms with Gasteiger partial charge in [-0.05, 0) is 61.5 Å². The smallest absolute Gasteiger partial charge is 0.0826 e. The number of hydrogen-bond acceptors (Lipinski definition) is 3. The van der Waals surface area contributed by atoms with Gasteiger partial charge in [-0.2, -0.15) is 5.10 Å². The first-order chi connectivity index (χ1) is 13.7. The number of nitrogens with one attached hydrogen (secondary N) is 1. The van der Waals surface area contributed by atoms with Crippen molar-refractivity contribution >= 4 is 28.5 Å². The topological polar surface area (TPSA) is 29.9 Å². The molecule has 1 atom stereocenters. The summed E-state index contributed by atoms with van der Waals surface area (Å²) >= 11 is 1.62. The summed E-state index contributed by atoms with van der Waals surface area (Å²) in [4.78, 5) is 1.20. The van der Waals surface area contributed by atoms with Gasteiger partial charge < -0.3 is 4.72 Å². The molecule has 0 bridgehead atoms. The standard InChI is InChI=1S/C19H21N3S.C4H7F/c1-3-7-15(2)14-22-19-11-10-17(12-16(19)13-20-22)21-23-18-8-5-4-6-9-18;1-2-3-4-5/h3-13,15,21H,14H2,1-2H3;3-4H,2H2,1H3/b7-3-;4-3+. The number of nitrogens with zero attached hydrogens (tertiary/aromatic N) is 2. The molecule has 0 aliphatic rings. The molecule has 0 aliphatic heterocycles. The van der Waals surface area contributed by atoms with Gasteiger partial charge in [0.1, 0.15) is 0 Å². The summed E-state index contributed by atoms with van der Waals surface area (Å²) < 4.78 is 16.3. The first-order valence-corrected chi connectivity index (χ1v) is 10.3. The van der Waals surface area contributed by atoms with Crippen LogP contribution < -0.4 is 4.72 Å². The maximum absolute atomic E-state index is 10.8. The molecule has 0 amide bonds. The molecule has 0 radical (unpaired) electrons. The SMILES string of the molecule is C/C=C\C(C)Cn1ncc2cc(NSc3ccccc3)ccc21.CC/C=C/F. The third kappa shape index (κ3) is 6.89. The van der Waals surface area contributed by atoms with Gasteiger partial charge in [0.15, 0.2) is 0 Å². The second-order valence-corrected chi connectivity index (χ2v) is 7.27. The van der Waals surface area contributed by atoms with E-state index in [1.807, 2.05) is 31.3 Å². The molecule has 3 aromatic rings. The summed E-state index contributed by atoms with van der Waals surface area (Å²) in [5.74, 6) is 0.481. The molecule has 0 saturated heterocycles. The maximum atomic E-state index is 10.8. The van der Waals surface area contributed by atoms with Crippen LogP contribution in [0, 0.1) is 5.92 Å². The molecule has 2 aromatic carbocycles. The van der Waals surface area contributed by atoms with Crippen molar-refractivity contribution in [3.63, 3.8) is 0 Å². The zero-order valence-electron chi connectivity index (χ0n) is 16.7. The quantitative estimate of drug-likeness (QED) is 0.336. The number of aromatic nitrogens is 2. The average molecular weight is 398 g/mol. The molecule has 3 rings (SSSR count). The lowest BCUT2D eigenvalue weighted by Crippen LogP contribution is -2.06. The summed E-state index contributed by atoms with van der Waals surface area (Å²) in [5.41, 5.74) is 2.27. The first-order valence-electron chi connectivity index (χ1n) is 9.49. The van der Waals surface area contributed by atoms with Gasteiger partial charge in [0.25, 0.3) is 0 Å². The van der Waals surface area contributed by atoms with Crippen LogP contribution >= 0.6 is 11.9 Å². The minimum Gasteiger partial charge on any atom is -0.326 e. The van der Waals surface area contributed by atoms with Gasteiger partial charge in [-0.1, -0.05) is 50.3 Å². The summed E-state index contributed by atoms with van der Waals surface area (Å²) in [5, 5.41) is 5.69. The normalized spacial score (nSPS) is 12.3. The van der Waals surface area contributed by atoms with Crippen molar-refractivity contribution in [1.29, 1.82) is 0 Å². The number of anilines is 1. The van der Waals surface area contributed by atoms with Gasteiger partial charge >= 0.3 is 0 Å². The van der Waals surface area contributed by atoms with Crippen molar-refractivity contribution in [2.45, 2.75) is 38.6 Å². The molecule has 28 heavy (non-hydrogen) atoms. The molecule has 1 N–H and O–H groups in total. The second kappa shape index (κ2) is 12.0. The Labute approximate surface area is 171 Å². The molecule has 3 nitrogen and oxygen atoms in total. The van der Waals surface area contributed by atoms with E-state index in [0.717, 1.165) is 24.0 Å². The van der Waals surface area contributed by atoms with E-state index in [9.17, 15) is 4.39 Å². The molecule has 148 valence electrons. The molecular formula is C23H28FN3S. The fourth-order valence-electron chi connectivity index (χ4n) is 2.65. The Kier molecular flexibility index (Phi) is 9.35. The number of fused-ring (bicyclic) bond motifs is 1. The van der Waals surface area contributed by atoms with Gasteiger partial charge in [0, 0.05) is 22.5 Å². The van der Waals surface area contributed by atoms with Gasteiger partial charge in [0.05, 0.1) is 18.0 Å². The zero-order valence-corrected chi connectivity index (χ0v) is 17.5. The highest BCUT2D eigenvalue weighted by atomic mass is 32.2. The minimum atomic E-state index is 0.481. The Morgan fingerprint density at radius 1 is 1.21 bits per heavy atom. The minimum absolute atomic E-state index is 0.481. The Bertz CT molecular complexity index is 887. The van der Waals surface area contributed by atoms with E-state index in [0.29, 0.717) is 12.2 Å². The third-order valence-electron chi connectivity index (χ3n) is 3.98. The highest BCUT2D eigenvalue weighted by Crippen LogP contribution is 2.24. The molecule has 0 fully saturated rings. The number of rotatable bonds is 7. The van der Waals surface area contributed by atoms with E-state index in [-0.39, 0.29) is 0 Å². The van der Waals surface area contributed by atoms with E-state index in [4.69, 9.17) is 0 Å². The second-order valence-electron chi connectivity index (χ2n) is 6.39. The largest absolute Gasteiger partial charge is 0.326 e. The average Bonchev–Trinajstić information content (AvgIpc) is 3.10. The Morgan fingerprint density at radius 2 is 2.00 bits per heavy atom. The third-order valence-corrected chi connectivity index (χ3v) is 4.82. The lowest BCUT2D eigenvalue weighted by molar-refractivity contribution is 0.534. The van der Waals surface area contributed by atoms with Crippen LogP contribution in [0.15, 0.2) is 84.2 Å². The van der Waals surface area contributed by atoms with Crippen LogP contribution in [0.1, 0.15) is 27.2 Å². The number of benzene rings is 2. The number of hydrogen-bond donors (Lipinski definition) is 1. The van der Waals surface area contributed by atoms with Gasteiger partial charge in [0.2, 0.25) is 0 Å². The number of halogens is 1. The molecule has 0 spiro atoms. The Hall–Kier alpha value is -2.53. The van der Waals surface area contributed by atoms with Crippen LogP contribution in [0.4, 0.5) is 10.1 Å². The monoisotopic (exact) mass is 397 g/mol. The molecule has 1 heterocycles.